The first-order valence-electron chi connectivity index (χ1n) is 8.60. The highest BCUT2D eigenvalue weighted by molar-refractivity contribution is 5.94. The van der Waals surface area contributed by atoms with E-state index in [2.05, 4.69) is 5.10 Å². The number of aromatic nitrogens is 2. The Kier molecular flexibility index (Phi) is 5.60. The summed E-state index contributed by atoms with van der Waals surface area (Å²) in [5.74, 6) is -0.391. The van der Waals surface area contributed by atoms with E-state index in [1.54, 1.807) is 0 Å². The van der Waals surface area contributed by atoms with Gasteiger partial charge in [0, 0.05) is 25.4 Å². The Hall–Kier alpha value is -3.30. The molecule has 0 radical (unpaired) electrons. The molecule has 0 saturated heterocycles. The summed E-state index contributed by atoms with van der Waals surface area (Å²) in [7, 11) is 1.50. The van der Waals surface area contributed by atoms with Crippen LogP contribution in [0, 0.1) is 0 Å². The van der Waals surface area contributed by atoms with Crippen molar-refractivity contribution >= 4 is 5.91 Å². The van der Waals surface area contributed by atoms with Crippen molar-refractivity contribution in [3.63, 3.8) is 0 Å². The number of hydrogen-bond donors (Lipinski definition) is 0. The van der Waals surface area contributed by atoms with Crippen molar-refractivity contribution in [3.8, 4) is 5.69 Å². The van der Waals surface area contributed by atoms with Gasteiger partial charge in [-0.3, -0.25) is 4.79 Å². The lowest BCUT2D eigenvalue weighted by Crippen LogP contribution is -2.26. The second kappa shape index (κ2) is 7.85. The van der Waals surface area contributed by atoms with E-state index in [-0.39, 0.29) is 12.1 Å². The Balaban J connectivity index is 1.68. The first kappa shape index (κ1) is 21.4. The van der Waals surface area contributed by atoms with Gasteiger partial charge in [-0.1, -0.05) is 12.1 Å². The summed E-state index contributed by atoms with van der Waals surface area (Å²) in [5, 5.41) is 3.46. The topological polar surface area (TPSA) is 38.1 Å². The van der Waals surface area contributed by atoms with E-state index in [9.17, 15) is 31.1 Å². The minimum Gasteiger partial charge on any atom is -0.337 e. The molecule has 4 nitrogen and oxygen atoms in total. The molecule has 2 aromatic carbocycles. The highest BCUT2D eigenvalue weighted by Crippen LogP contribution is 2.29. The zero-order chi connectivity index (χ0) is 22.1. The van der Waals surface area contributed by atoms with E-state index in [1.165, 1.54) is 48.3 Å². The molecule has 1 heterocycles. The number of amides is 1. The van der Waals surface area contributed by atoms with Crippen LogP contribution in [0.2, 0.25) is 0 Å². The number of benzene rings is 2. The number of hydrogen-bond acceptors (Lipinski definition) is 2. The van der Waals surface area contributed by atoms with Crippen molar-refractivity contribution in [1.82, 2.24) is 14.7 Å². The smallest absolute Gasteiger partial charge is 0.337 e. The molecule has 0 N–H and O–H groups in total. The standard InChI is InChI=1S/C20H15F6N3O/c1-28(12-13-2-6-15(7-3-13)19(21,22)23)18(30)14-4-8-16(9-5-14)29-11-10-17(27-29)20(24,25)26/h2-11H,12H2,1H3. The van der Waals surface area contributed by atoms with E-state index in [1.807, 2.05) is 0 Å². The maximum Gasteiger partial charge on any atom is 0.435 e. The largest absolute Gasteiger partial charge is 0.435 e. The van der Waals surface area contributed by atoms with Gasteiger partial charge < -0.3 is 4.90 Å². The molecule has 3 aromatic rings. The van der Waals surface area contributed by atoms with Gasteiger partial charge in [0.15, 0.2) is 5.69 Å². The first-order chi connectivity index (χ1) is 13.9. The molecule has 30 heavy (non-hydrogen) atoms. The number of halogens is 6. The lowest BCUT2D eigenvalue weighted by atomic mass is 10.1. The van der Waals surface area contributed by atoms with Crippen molar-refractivity contribution in [2.75, 3.05) is 7.05 Å². The molecule has 0 spiro atoms. The molecule has 0 aliphatic rings. The molecule has 10 heteroatoms. The third kappa shape index (κ3) is 4.81. The summed E-state index contributed by atoms with van der Waals surface area (Å²) in [4.78, 5) is 13.9. The molecular weight excluding hydrogens is 412 g/mol. The molecule has 0 aliphatic heterocycles. The van der Waals surface area contributed by atoms with Crippen molar-refractivity contribution < 1.29 is 31.1 Å². The molecule has 158 valence electrons. The molecule has 0 saturated carbocycles. The number of nitrogens with zero attached hydrogens (tertiary/aromatic N) is 3. The van der Waals surface area contributed by atoms with Crippen LogP contribution < -0.4 is 0 Å². The van der Waals surface area contributed by atoms with Gasteiger partial charge >= 0.3 is 12.4 Å². The fourth-order valence-electron chi connectivity index (χ4n) is 2.74. The SMILES string of the molecule is CN(Cc1ccc(C(F)(F)F)cc1)C(=O)c1ccc(-n2ccc(C(F)(F)F)n2)cc1. The highest BCUT2D eigenvalue weighted by atomic mass is 19.4. The van der Waals surface area contributed by atoms with Crippen LogP contribution in [-0.2, 0) is 18.9 Å². The van der Waals surface area contributed by atoms with Crippen molar-refractivity contribution in [1.29, 1.82) is 0 Å². The van der Waals surface area contributed by atoms with Crippen molar-refractivity contribution in [3.05, 3.63) is 83.2 Å². The zero-order valence-electron chi connectivity index (χ0n) is 15.5. The van der Waals surface area contributed by atoms with Gasteiger partial charge in [0.2, 0.25) is 0 Å². The molecule has 0 atom stereocenters. The second-order valence-corrected chi connectivity index (χ2v) is 6.55. The van der Waals surface area contributed by atoms with Crippen molar-refractivity contribution in [2.45, 2.75) is 18.9 Å². The van der Waals surface area contributed by atoms with Gasteiger partial charge in [-0.15, -0.1) is 0 Å². The summed E-state index contributed by atoms with van der Waals surface area (Å²) < 4.78 is 76.9. The molecule has 0 bridgehead atoms. The Morgan fingerprint density at radius 2 is 1.50 bits per heavy atom. The average molecular weight is 427 g/mol. The summed E-state index contributed by atoms with van der Waals surface area (Å²) in [6.07, 6.45) is -7.82. The van der Waals surface area contributed by atoms with E-state index >= 15 is 0 Å². The Labute approximate surface area is 167 Å². The Morgan fingerprint density at radius 1 is 0.900 bits per heavy atom. The monoisotopic (exact) mass is 427 g/mol. The first-order valence-corrected chi connectivity index (χ1v) is 8.60. The van der Waals surface area contributed by atoms with E-state index < -0.39 is 29.5 Å². The second-order valence-electron chi connectivity index (χ2n) is 6.55. The van der Waals surface area contributed by atoms with Crippen molar-refractivity contribution in [2.24, 2.45) is 0 Å². The summed E-state index contributed by atoms with van der Waals surface area (Å²) >= 11 is 0. The molecule has 1 amide bonds. The molecular formula is C20H15F6N3O. The molecule has 1 aromatic heterocycles. The molecule has 0 fully saturated rings. The molecule has 3 rings (SSSR count). The van der Waals surface area contributed by atoms with Gasteiger partial charge in [-0.25, -0.2) is 4.68 Å². The highest BCUT2D eigenvalue weighted by Gasteiger charge is 2.33. The predicted octanol–water partition coefficient (Wildman–Crippen LogP) is 5.18. The summed E-state index contributed by atoms with van der Waals surface area (Å²) in [6, 6.07) is 11.1. The zero-order valence-corrected chi connectivity index (χ0v) is 15.5. The normalized spacial score (nSPS) is 12.1. The van der Waals surface area contributed by atoms with E-state index in [0.29, 0.717) is 11.3 Å². The average Bonchev–Trinajstić information content (AvgIpc) is 3.18. The molecule has 0 unspecified atom stereocenters. The lowest BCUT2D eigenvalue weighted by Gasteiger charge is -2.18. The molecule has 0 aliphatic carbocycles. The van der Waals surface area contributed by atoms with Crippen LogP contribution in [0.15, 0.2) is 60.8 Å². The fourth-order valence-corrected chi connectivity index (χ4v) is 2.74. The summed E-state index contributed by atoms with van der Waals surface area (Å²) in [5.41, 5.74) is -0.669. The number of rotatable bonds is 4. The fraction of sp³-hybridized carbons (Fsp3) is 0.200. The van der Waals surface area contributed by atoms with Gasteiger partial charge in [0.05, 0.1) is 11.3 Å². The van der Waals surface area contributed by atoms with Gasteiger partial charge in [0.25, 0.3) is 5.91 Å². The minimum atomic E-state index is -4.55. The van der Waals surface area contributed by atoms with Gasteiger partial charge in [-0.05, 0) is 48.0 Å². The van der Waals surface area contributed by atoms with Crippen LogP contribution in [0.25, 0.3) is 5.69 Å². The Bertz CT molecular complexity index is 1020. The third-order valence-electron chi connectivity index (χ3n) is 4.31. The van der Waals surface area contributed by atoms with Crippen LogP contribution in [-0.4, -0.2) is 27.6 Å². The van der Waals surface area contributed by atoms with Crippen LogP contribution in [0.1, 0.15) is 27.2 Å². The van der Waals surface area contributed by atoms with E-state index in [0.717, 1.165) is 29.1 Å². The maximum absolute atomic E-state index is 12.7. The van der Waals surface area contributed by atoms with Crippen LogP contribution in [0.3, 0.4) is 0 Å². The number of alkyl halides is 6. The van der Waals surface area contributed by atoms with Crippen LogP contribution in [0.4, 0.5) is 26.3 Å². The Morgan fingerprint density at radius 3 is 2.00 bits per heavy atom. The van der Waals surface area contributed by atoms with Gasteiger partial charge in [0.1, 0.15) is 0 Å². The quantitative estimate of drug-likeness (QED) is 0.538. The van der Waals surface area contributed by atoms with Crippen LogP contribution >= 0.6 is 0 Å². The summed E-state index contributed by atoms with van der Waals surface area (Å²) in [6.45, 7) is 0.0901. The van der Waals surface area contributed by atoms with Gasteiger partial charge in [-0.2, -0.15) is 31.4 Å². The predicted molar refractivity (Wildman–Crippen MR) is 95.8 cm³/mol. The number of carbonyl (C=O) groups excluding carboxylic acids is 1. The lowest BCUT2D eigenvalue weighted by molar-refractivity contribution is -0.141. The minimum absolute atomic E-state index is 0.0901. The maximum atomic E-state index is 12.7. The number of carbonyl (C=O) groups is 1. The third-order valence-corrected chi connectivity index (χ3v) is 4.31. The van der Waals surface area contributed by atoms with E-state index in [4.69, 9.17) is 0 Å². The van der Waals surface area contributed by atoms with Crippen LogP contribution in [0.5, 0.6) is 0 Å².